The van der Waals surface area contributed by atoms with E-state index in [4.69, 9.17) is 28.2 Å². The molecule has 0 amide bonds. The summed E-state index contributed by atoms with van der Waals surface area (Å²) in [5, 5.41) is 2.33. The molecule has 0 radical (unpaired) electrons. The average Bonchev–Trinajstić information content (AvgIpc) is 3.00. The normalized spacial score (nSPS) is 15.3. The highest BCUT2D eigenvalue weighted by Crippen LogP contribution is 2.31. The molecule has 1 saturated heterocycles. The third-order valence-electron chi connectivity index (χ3n) is 4.35. The van der Waals surface area contributed by atoms with Gasteiger partial charge in [0.2, 0.25) is 0 Å². The standard InChI is InChI=1S/C18H17Cl2N3S/c1-12-2-5-16-17(10-12)24-18(21-16)23-8-6-22(7-9-23)13-3-4-14(19)15(20)11-13/h2-5,10-11H,6-9H2,1H3. The first-order chi connectivity index (χ1) is 11.6. The van der Waals surface area contributed by atoms with Crippen molar-refractivity contribution in [2.45, 2.75) is 6.92 Å². The number of hydrogen-bond donors (Lipinski definition) is 0. The highest BCUT2D eigenvalue weighted by atomic mass is 35.5. The third kappa shape index (κ3) is 3.06. The number of aryl methyl sites for hydroxylation is 1. The Labute approximate surface area is 155 Å². The van der Waals surface area contributed by atoms with Gasteiger partial charge in [0.05, 0.1) is 20.3 Å². The maximum atomic E-state index is 6.14. The fraction of sp³-hybridized carbons (Fsp3) is 0.278. The molecule has 3 aromatic rings. The van der Waals surface area contributed by atoms with Crippen molar-refractivity contribution in [3.63, 3.8) is 0 Å². The molecule has 4 rings (SSSR count). The monoisotopic (exact) mass is 377 g/mol. The van der Waals surface area contributed by atoms with Gasteiger partial charge in [-0.25, -0.2) is 4.98 Å². The van der Waals surface area contributed by atoms with E-state index in [2.05, 4.69) is 34.9 Å². The van der Waals surface area contributed by atoms with E-state index in [0.29, 0.717) is 10.0 Å². The number of rotatable bonds is 2. The molecular formula is C18H17Cl2N3S. The molecule has 0 atom stereocenters. The Bertz CT molecular complexity index is 885. The van der Waals surface area contributed by atoms with Crippen LogP contribution in [0.5, 0.6) is 0 Å². The molecule has 1 aliphatic heterocycles. The van der Waals surface area contributed by atoms with Crippen LogP contribution < -0.4 is 9.80 Å². The minimum atomic E-state index is 0.601. The molecule has 0 N–H and O–H groups in total. The number of aromatic nitrogens is 1. The second-order valence-corrected chi connectivity index (χ2v) is 7.86. The first kappa shape index (κ1) is 16.0. The number of anilines is 2. The van der Waals surface area contributed by atoms with Crippen LogP contribution in [0.1, 0.15) is 5.56 Å². The van der Waals surface area contributed by atoms with Crippen LogP contribution in [-0.4, -0.2) is 31.2 Å². The number of benzene rings is 2. The van der Waals surface area contributed by atoms with Crippen molar-refractivity contribution in [1.82, 2.24) is 4.98 Å². The minimum Gasteiger partial charge on any atom is -0.368 e. The number of nitrogens with zero attached hydrogens (tertiary/aromatic N) is 3. The molecule has 0 unspecified atom stereocenters. The number of piperazine rings is 1. The largest absolute Gasteiger partial charge is 0.368 e. The number of hydrogen-bond acceptors (Lipinski definition) is 4. The van der Waals surface area contributed by atoms with Gasteiger partial charge in [0.1, 0.15) is 0 Å². The van der Waals surface area contributed by atoms with Gasteiger partial charge in [-0.2, -0.15) is 0 Å². The van der Waals surface area contributed by atoms with Gasteiger partial charge in [0.25, 0.3) is 0 Å². The lowest BCUT2D eigenvalue weighted by Gasteiger charge is -2.36. The van der Waals surface area contributed by atoms with E-state index in [1.54, 1.807) is 11.3 Å². The van der Waals surface area contributed by atoms with Gasteiger partial charge >= 0.3 is 0 Å². The predicted molar refractivity (Wildman–Crippen MR) is 105 cm³/mol. The van der Waals surface area contributed by atoms with Gasteiger partial charge in [0.15, 0.2) is 5.13 Å². The van der Waals surface area contributed by atoms with Crippen molar-refractivity contribution >= 4 is 55.6 Å². The first-order valence-electron chi connectivity index (χ1n) is 7.92. The molecule has 124 valence electrons. The second-order valence-electron chi connectivity index (χ2n) is 6.04. The van der Waals surface area contributed by atoms with Crippen LogP contribution in [0, 0.1) is 6.92 Å². The smallest absolute Gasteiger partial charge is 0.186 e. The number of fused-ring (bicyclic) bond motifs is 1. The van der Waals surface area contributed by atoms with Crippen molar-refractivity contribution in [3.05, 3.63) is 52.0 Å². The Morgan fingerprint density at radius 1 is 0.917 bits per heavy atom. The maximum absolute atomic E-state index is 6.14. The van der Waals surface area contributed by atoms with Crippen molar-refractivity contribution < 1.29 is 0 Å². The van der Waals surface area contributed by atoms with Gasteiger partial charge in [0, 0.05) is 31.9 Å². The van der Waals surface area contributed by atoms with Crippen molar-refractivity contribution in [1.29, 1.82) is 0 Å². The van der Waals surface area contributed by atoms with Crippen molar-refractivity contribution in [2.75, 3.05) is 36.0 Å². The molecule has 1 aliphatic rings. The molecule has 3 nitrogen and oxygen atoms in total. The minimum absolute atomic E-state index is 0.601. The summed E-state index contributed by atoms with van der Waals surface area (Å²) in [5.41, 5.74) is 3.50. The average molecular weight is 378 g/mol. The molecule has 2 aromatic carbocycles. The maximum Gasteiger partial charge on any atom is 0.186 e. The van der Waals surface area contributed by atoms with Crippen LogP contribution in [0.4, 0.5) is 10.8 Å². The molecule has 0 spiro atoms. The van der Waals surface area contributed by atoms with Gasteiger partial charge in [-0.3, -0.25) is 0 Å². The Balaban J connectivity index is 1.49. The first-order valence-corrected chi connectivity index (χ1v) is 9.49. The van der Waals surface area contributed by atoms with Gasteiger partial charge in [-0.05, 0) is 42.8 Å². The summed E-state index contributed by atoms with van der Waals surface area (Å²) in [5.74, 6) is 0. The van der Waals surface area contributed by atoms with E-state index in [9.17, 15) is 0 Å². The van der Waals surface area contributed by atoms with Crippen LogP contribution in [0.25, 0.3) is 10.2 Å². The van der Waals surface area contributed by atoms with Crippen LogP contribution in [-0.2, 0) is 0 Å². The molecule has 0 bridgehead atoms. The highest BCUT2D eigenvalue weighted by Gasteiger charge is 2.20. The van der Waals surface area contributed by atoms with E-state index in [1.807, 2.05) is 18.2 Å². The molecule has 0 saturated carbocycles. The number of halogens is 2. The Morgan fingerprint density at radius 2 is 1.67 bits per heavy atom. The third-order valence-corrected chi connectivity index (χ3v) is 6.17. The summed E-state index contributed by atoms with van der Waals surface area (Å²) < 4.78 is 1.26. The summed E-state index contributed by atoms with van der Waals surface area (Å²) in [6.45, 7) is 5.94. The fourth-order valence-corrected chi connectivity index (χ4v) is 4.40. The van der Waals surface area contributed by atoms with E-state index in [0.717, 1.165) is 42.5 Å². The molecule has 0 aliphatic carbocycles. The summed E-state index contributed by atoms with van der Waals surface area (Å²) in [6.07, 6.45) is 0. The topological polar surface area (TPSA) is 19.4 Å². The summed E-state index contributed by atoms with van der Waals surface area (Å²) >= 11 is 13.9. The lowest BCUT2D eigenvalue weighted by Crippen LogP contribution is -2.46. The zero-order valence-electron chi connectivity index (χ0n) is 13.3. The summed E-state index contributed by atoms with van der Waals surface area (Å²) in [4.78, 5) is 9.50. The van der Waals surface area contributed by atoms with Crippen LogP contribution in [0.3, 0.4) is 0 Å². The Hall–Kier alpha value is -1.49. The zero-order chi connectivity index (χ0) is 16.7. The summed E-state index contributed by atoms with van der Waals surface area (Å²) in [6, 6.07) is 12.3. The van der Waals surface area contributed by atoms with Crippen LogP contribution >= 0.6 is 34.5 Å². The van der Waals surface area contributed by atoms with E-state index >= 15 is 0 Å². The lowest BCUT2D eigenvalue weighted by molar-refractivity contribution is 0.652. The van der Waals surface area contributed by atoms with Crippen molar-refractivity contribution in [2.24, 2.45) is 0 Å². The van der Waals surface area contributed by atoms with Crippen LogP contribution in [0.2, 0.25) is 10.0 Å². The van der Waals surface area contributed by atoms with E-state index in [1.165, 1.54) is 10.3 Å². The number of thiazole rings is 1. The van der Waals surface area contributed by atoms with E-state index < -0.39 is 0 Å². The van der Waals surface area contributed by atoms with Crippen molar-refractivity contribution in [3.8, 4) is 0 Å². The lowest BCUT2D eigenvalue weighted by atomic mass is 10.2. The Kier molecular flexibility index (Phi) is 4.29. The second kappa shape index (κ2) is 6.43. The molecule has 2 heterocycles. The van der Waals surface area contributed by atoms with Gasteiger partial charge in [-0.1, -0.05) is 40.6 Å². The van der Waals surface area contributed by atoms with E-state index in [-0.39, 0.29) is 0 Å². The van der Waals surface area contributed by atoms with Gasteiger partial charge in [-0.15, -0.1) is 0 Å². The van der Waals surface area contributed by atoms with Gasteiger partial charge < -0.3 is 9.80 Å². The molecular weight excluding hydrogens is 361 g/mol. The molecule has 1 fully saturated rings. The predicted octanol–water partition coefficient (Wildman–Crippen LogP) is 5.24. The fourth-order valence-electron chi connectivity index (χ4n) is 2.99. The molecule has 24 heavy (non-hydrogen) atoms. The summed E-state index contributed by atoms with van der Waals surface area (Å²) in [7, 11) is 0. The SMILES string of the molecule is Cc1ccc2nc(N3CCN(c4ccc(Cl)c(Cl)c4)CC3)sc2c1. The van der Waals surface area contributed by atoms with Crippen LogP contribution in [0.15, 0.2) is 36.4 Å². The Morgan fingerprint density at radius 3 is 2.42 bits per heavy atom. The molecule has 1 aromatic heterocycles. The zero-order valence-corrected chi connectivity index (χ0v) is 15.6. The quantitative estimate of drug-likeness (QED) is 0.608. The highest BCUT2D eigenvalue weighted by molar-refractivity contribution is 7.22. The molecule has 6 heteroatoms.